The molecular formula is C20H25N5O. The van der Waals surface area contributed by atoms with Crippen LogP contribution in [0.1, 0.15) is 50.0 Å². The fourth-order valence-corrected chi connectivity index (χ4v) is 3.98. The van der Waals surface area contributed by atoms with Crippen LogP contribution in [-0.4, -0.2) is 37.1 Å². The molecule has 26 heavy (non-hydrogen) atoms. The Kier molecular flexibility index (Phi) is 4.73. The van der Waals surface area contributed by atoms with Gasteiger partial charge in [0.15, 0.2) is 5.82 Å². The molecule has 4 rings (SSSR count). The first-order valence-corrected chi connectivity index (χ1v) is 9.50. The van der Waals surface area contributed by atoms with Gasteiger partial charge in [0, 0.05) is 30.2 Å². The van der Waals surface area contributed by atoms with E-state index in [-0.39, 0.29) is 11.9 Å². The van der Waals surface area contributed by atoms with E-state index < -0.39 is 0 Å². The van der Waals surface area contributed by atoms with Crippen molar-refractivity contribution in [1.82, 2.24) is 24.6 Å². The Morgan fingerprint density at radius 1 is 1.31 bits per heavy atom. The number of H-pyrrole nitrogens is 1. The van der Waals surface area contributed by atoms with E-state index in [9.17, 15) is 4.79 Å². The van der Waals surface area contributed by atoms with Gasteiger partial charge < -0.3 is 14.5 Å². The number of rotatable bonds is 5. The molecule has 1 N–H and O–H groups in total. The highest BCUT2D eigenvalue weighted by molar-refractivity contribution is 5.89. The summed E-state index contributed by atoms with van der Waals surface area (Å²) in [5, 5.41) is 9.58. The lowest BCUT2D eigenvalue weighted by atomic mass is 9.99. The number of nitrogens with zero attached hydrogens (tertiary/aromatic N) is 4. The van der Waals surface area contributed by atoms with Crippen LogP contribution >= 0.6 is 0 Å². The minimum absolute atomic E-state index is 0.0375. The van der Waals surface area contributed by atoms with Gasteiger partial charge in [-0.1, -0.05) is 25.1 Å². The lowest BCUT2D eigenvalue weighted by Gasteiger charge is -2.35. The highest BCUT2D eigenvalue weighted by atomic mass is 16.2. The first-order valence-electron chi connectivity index (χ1n) is 9.50. The van der Waals surface area contributed by atoms with Gasteiger partial charge in [0.2, 0.25) is 5.91 Å². The molecule has 1 aliphatic rings. The summed E-state index contributed by atoms with van der Waals surface area (Å²) in [6.07, 6.45) is 8.33. The predicted molar refractivity (Wildman–Crippen MR) is 101 cm³/mol. The minimum Gasteiger partial charge on any atom is -0.361 e. The molecule has 0 saturated carbocycles. The summed E-state index contributed by atoms with van der Waals surface area (Å²) in [5.41, 5.74) is 2.14. The first kappa shape index (κ1) is 16.8. The van der Waals surface area contributed by atoms with Crippen molar-refractivity contribution >= 4 is 16.8 Å². The summed E-state index contributed by atoms with van der Waals surface area (Å²) in [7, 11) is 0. The number of aromatic amines is 1. The molecule has 1 aromatic carbocycles. The summed E-state index contributed by atoms with van der Waals surface area (Å²) in [6, 6.07) is 8.17. The van der Waals surface area contributed by atoms with Crippen molar-refractivity contribution in [3.8, 4) is 0 Å². The SMILES string of the molecule is CCCn1cnnc1C1CCCCN1C(=O)Cc1c[nH]c2ccccc12. The van der Waals surface area contributed by atoms with Gasteiger partial charge in [0.1, 0.15) is 6.33 Å². The summed E-state index contributed by atoms with van der Waals surface area (Å²) in [4.78, 5) is 18.4. The molecule has 1 atom stereocenters. The number of nitrogens with one attached hydrogen (secondary N) is 1. The van der Waals surface area contributed by atoms with E-state index in [0.29, 0.717) is 6.42 Å². The van der Waals surface area contributed by atoms with Gasteiger partial charge in [-0.05, 0) is 37.3 Å². The maximum atomic E-state index is 13.1. The lowest BCUT2D eigenvalue weighted by molar-refractivity contribution is -0.134. The van der Waals surface area contributed by atoms with Crippen LogP contribution in [0.5, 0.6) is 0 Å². The second kappa shape index (κ2) is 7.32. The predicted octanol–water partition coefficient (Wildman–Crippen LogP) is 3.47. The Hall–Kier alpha value is -2.63. The number of carbonyl (C=O) groups is 1. The number of carbonyl (C=O) groups excluding carboxylic acids is 1. The number of aryl methyl sites for hydroxylation is 1. The molecule has 1 unspecified atom stereocenters. The van der Waals surface area contributed by atoms with Gasteiger partial charge in [0.25, 0.3) is 0 Å². The molecule has 0 radical (unpaired) electrons. The largest absolute Gasteiger partial charge is 0.361 e. The Morgan fingerprint density at radius 2 is 2.19 bits per heavy atom. The van der Waals surface area contributed by atoms with Crippen LogP contribution < -0.4 is 0 Å². The number of piperidine rings is 1. The topological polar surface area (TPSA) is 66.8 Å². The second-order valence-electron chi connectivity index (χ2n) is 7.02. The third-order valence-corrected chi connectivity index (χ3v) is 5.25. The highest BCUT2D eigenvalue weighted by Crippen LogP contribution is 2.31. The van der Waals surface area contributed by atoms with E-state index in [4.69, 9.17) is 0 Å². The molecule has 0 aliphatic carbocycles. The molecule has 3 aromatic rings. The fraction of sp³-hybridized carbons (Fsp3) is 0.450. The second-order valence-corrected chi connectivity index (χ2v) is 7.02. The van der Waals surface area contributed by atoms with Crippen molar-refractivity contribution in [2.45, 2.75) is 51.6 Å². The molecule has 2 aromatic heterocycles. The number of hydrogen-bond acceptors (Lipinski definition) is 3. The van der Waals surface area contributed by atoms with Crippen LogP contribution in [0.15, 0.2) is 36.8 Å². The van der Waals surface area contributed by atoms with Gasteiger partial charge in [-0.15, -0.1) is 10.2 Å². The standard InChI is InChI=1S/C20H25N5O/c1-2-10-24-14-22-23-20(24)18-9-5-6-11-25(18)19(26)12-15-13-21-17-8-4-3-7-16(15)17/h3-4,7-8,13-14,18,21H,2,5-6,9-12H2,1H3. The molecule has 0 bridgehead atoms. The van der Waals surface area contributed by atoms with Crippen LogP contribution in [0.3, 0.4) is 0 Å². The van der Waals surface area contributed by atoms with Crippen LogP contribution in [0.4, 0.5) is 0 Å². The van der Waals surface area contributed by atoms with Crippen LogP contribution in [0, 0.1) is 0 Å². The number of amides is 1. The summed E-state index contributed by atoms with van der Waals surface area (Å²) < 4.78 is 2.10. The number of likely N-dealkylation sites (tertiary alicyclic amines) is 1. The van der Waals surface area contributed by atoms with Crippen molar-refractivity contribution in [2.75, 3.05) is 6.54 Å². The zero-order valence-electron chi connectivity index (χ0n) is 15.2. The highest BCUT2D eigenvalue weighted by Gasteiger charge is 2.31. The molecule has 136 valence electrons. The number of benzene rings is 1. The van der Waals surface area contributed by atoms with E-state index in [2.05, 4.69) is 32.7 Å². The summed E-state index contributed by atoms with van der Waals surface area (Å²) in [5.74, 6) is 1.10. The van der Waals surface area contributed by atoms with Crippen LogP contribution in [0.25, 0.3) is 10.9 Å². The monoisotopic (exact) mass is 351 g/mol. The van der Waals surface area contributed by atoms with Gasteiger partial charge >= 0.3 is 0 Å². The average molecular weight is 351 g/mol. The number of hydrogen-bond donors (Lipinski definition) is 1. The Bertz CT molecular complexity index is 896. The Morgan fingerprint density at radius 3 is 3.08 bits per heavy atom. The minimum atomic E-state index is 0.0375. The smallest absolute Gasteiger partial charge is 0.227 e. The van der Waals surface area contributed by atoms with E-state index in [0.717, 1.165) is 61.1 Å². The van der Waals surface area contributed by atoms with Crippen molar-refractivity contribution in [2.24, 2.45) is 0 Å². The third-order valence-electron chi connectivity index (χ3n) is 5.25. The van der Waals surface area contributed by atoms with Crippen molar-refractivity contribution in [3.05, 3.63) is 48.2 Å². The lowest BCUT2D eigenvalue weighted by Crippen LogP contribution is -2.40. The van der Waals surface area contributed by atoms with Crippen molar-refractivity contribution in [1.29, 1.82) is 0 Å². The fourth-order valence-electron chi connectivity index (χ4n) is 3.98. The maximum Gasteiger partial charge on any atom is 0.227 e. The van der Waals surface area contributed by atoms with E-state index >= 15 is 0 Å². The Labute approximate surface area is 153 Å². The quantitative estimate of drug-likeness (QED) is 0.765. The van der Waals surface area contributed by atoms with Gasteiger partial charge in [-0.25, -0.2) is 0 Å². The zero-order chi connectivity index (χ0) is 17.9. The molecule has 1 amide bonds. The molecule has 1 aliphatic heterocycles. The van der Waals surface area contributed by atoms with E-state index in [1.807, 2.05) is 29.3 Å². The molecule has 6 nitrogen and oxygen atoms in total. The Balaban J connectivity index is 1.57. The van der Waals surface area contributed by atoms with Gasteiger partial charge in [-0.3, -0.25) is 4.79 Å². The van der Waals surface area contributed by atoms with Crippen LogP contribution in [-0.2, 0) is 17.8 Å². The van der Waals surface area contributed by atoms with E-state index in [1.165, 1.54) is 0 Å². The molecule has 0 spiro atoms. The number of fused-ring (bicyclic) bond motifs is 1. The molecule has 6 heteroatoms. The zero-order valence-corrected chi connectivity index (χ0v) is 15.2. The van der Waals surface area contributed by atoms with Crippen molar-refractivity contribution in [3.63, 3.8) is 0 Å². The molecule has 3 heterocycles. The number of para-hydroxylation sites is 1. The number of aromatic nitrogens is 4. The van der Waals surface area contributed by atoms with E-state index in [1.54, 1.807) is 6.33 Å². The molecule has 1 saturated heterocycles. The van der Waals surface area contributed by atoms with Crippen molar-refractivity contribution < 1.29 is 4.79 Å². The maximum absolute atomic E-state index is 13.1. The third kappa shape index (κ3) is 3.11. The molecular weight excluding hydrogens is 326 g/mol. The summed E-state index contributed by atoms with van der Waals surface area (Å²) in [6.45, 7) is 3.83. The summed E-state index contributed by atoms with van der Waals surface area (Å²) >= 11 is 0. The first-order chi connectivity index (χ1) is 12.8. The molecule has 1 fully saturated rings. The van der Waals surface area contributed by atoms with Gasteiger partial charge in [0.05, 0.1) is 12.5 Å². The van der Waals surface area contributed by atoms with Crippen LogP contribution in [0.2, 0.25) is 0 Å². The van der Waals surface area contributed by atoms with Gasteiger partial charge in [-0.2, -0.15) is 0 Å². The average Bonchev–Trinajstić information content (AvgIpc) is 3.29. The normalized spacial score (nSPS) is 17.7.